The Labute approximate surface area is 647 Å². The average Bonchev–Trinajstić information content (AvgIpc) is 1.67. The van der Waals surface area contributed by atoms with Gasteiger partial charge in [0, 0.05) is 97.2 Å². The fraction of sp³-hybridized carbons (Fsp3) is 0.351. The van der Waals surface area contributed by atoms with Gasteiger partial charge in [0.25, 0.3) is 0 Å². The quantitative estimate of drug-likeness (QED) is 0.0661. The first-order chi connectivity index (χ1) is 51.3. The van der Waals surface area contributed by atoms with Crippen molar-refractivity contribution in [1.29, 1.82) is 0 Å². The van der Waals surface area contributed by atoms with Gasteiger partial charge in [0.15, 0.2) is 29.5 Å². The Bertz CT molecular complexity index is 5510. The fourth-order valence-corrected chi connectivity index (χ4v) is 13.4. The Morgan fingerprint density at radius 3 is 1.10 bits per heavy atom. The molecule has 111 heavy (non-hydrogen) atoms. The van der Waals surface area contributed by atoms with Gasteiger partial charge < -0.3 is 52.5 Å². The summed E-state index contributed by atoms with van der Waals surface area (Å²) in [5.41, 5.74) is 2.31. The van der Waals surface area contributed by atoms with E-state index in [-0.39, 0.29) is 74.3 Å². The van der Waals surface area contributed by atoms with Crippen LogP contribution in [0.4, 0.5) is 77.5 Å². The number of ether oxygens (including phenoxy) is 5. The molecule has 0 fully saturated rings. The molecule has 3 heterocycles. The summed E-state index contributed by atoms with van der Waals surface area (Å²) in [6, 6.07) is 32.3. The van der Waals surface area contributed by atoms with E-state index in [2.05, 4.69) is 56.8 Å². The second kappa shape index (κ2) is 34.9. The number of halogens is 10. The molecule has 9 aromatic rings. The number of methoxy groups -OCH3 is 3. The van der Waals surface area contributed by atoms with Gasteiger partial charge in [0.05, 0.1) is 106 Å². The molecule has 0 saturated carbocycles. The zero-order valence-electron chi connectivity index (χ0n) is 63.3. The Kier molecular flexibility index (Phi) is 27.7. The van der Waals surface area contributed by atoms with Crippen molar-refractivity contribution in [3.63, 3.8) is 0 Å². The number of alkyl halides is 9. The lowest BCUT2D eigenvalue weighted by molar-refractivity contribution is -0.140. The van der Waals surface area contributed by atoms with Crippen LogP contribution in [0.5, 0.6) is 17.2 Å². The number of aromatic nitrogens is 3. The van der Waals surface area contributed by atoms with Gasteiger partial charge in [-0.25, -0.2) is 34.8 Å². The third-order valence-corrected chi connectivity index (χ3v) is 19.8. The number of amides is 2. The number of nitrogens with zero attached hydrogens (tertiary/aromatic N) is 7. The van der Waals surface area contributed by atoms with E-state index in [0.717, 1.165) is 53.6 Å². The molecule has 3 aromatic heterocycles. The number of anilines is 5. The standard InChI is InChI=1S/C28H32F3N3O5S.C26H26BrF3N2O5S.C23H24F3N3O3S/c1-27(2,3)39-26(35)33(24-14-13-20(40(7,36)37)17-25(24)38-6)15-9-10-19-16-21-22(32(4)5)11-8-12-23(21)34(19)18-28(29,30)31;1-25(2,3)37-24(33)31(22-12-11-18(38(5,34)35)15-23(22)36-4)13-7-8-17-14-19-20(27)9-6-10-21(19)32(17)16-26(28,29)30;1-28(2)20-8-5-9-21-18(20)13-16(29(21)15-23(24,25)26)7-6-12-27-19-11-10-17(33(4,30)31)14-22(19)32-3/h8,11-14,16-17H,15,18H2,1-7H3;6,9-12,14-15H,13,16H2,1-5H3;5,8-11,13-14,27H,12,15H2,1-4H3. The van der Waals surface area contributed by atoms with E-state index in [4.69, 9.17) is 23.7 Å². The summed E-state index contributed by atoms with van der Waals surface area (Å²) in [6.07, 6.45) is -11.8. The van der Waals surface area contributed by atoms with Crippen LogP contribution in [-0.2, 0) is 58.6 Å². The summed E-state index contributed by atoms with van der Waals surface area (Å²) >= 11 is 3.36. The molecule has 9 rings (SSSR count). The number of hydrogen-bond acceptors (Lipinski definition) is 16. The van der Waals surface area contributed by atoms with Crippen molar-refractivity contribution in [2.75, 3.05) is 113 Å². The molecule has 34 heteroatoms. The van der Waals surface area contributed by atoms with E-state index in [1.54, 1.807) is 127 Å². The van der Waals surface area contributed by atoms with Crippen molar-refractivity contribution >= 4 is 119 Å². The van der Waals surface area contributed by atoms with Crippen LogP contribution in [0.3, 0.4) is 0 Å². The van der Waals surface area contributed by atoms with E-state index in [1.165, 1.54) is 75.9 Å². The maximum absolute atomic E-state index is 13.5. The highest BCUT2D eigenvalue weighted by Crippen LogP contribution is 2.38. The molecular formula is C77H82BrF9N8O13S3. The van der Waals surface area contributed by atoms with Crippen LogP contribution in [0.1, 0.15) is 58.6 Å². The highest BCUT2D eigenvalue weighted by molar-refractivity contribution is 9.10. The first-order valence-corrected chi connectivity index (χ1v) is 39.7. The van der Waals surface area contributed by atoms with Crippen LogP contribution in [0.2, 0.25) is 0 Å². The van der Waals surface area contributed by atoms with Crippen LogP contribution in [0.25, 0.3) is 32.7 Å². The number of sulfone groups is 3. The molecule has 0 unspecified atom stereocenters. The monoisotopic (exact) mass is 1670 g/mol. The summed E-state index contributed by atoms with van der Waals surface area (Å²) in [6.45, 7) is 5.97. The Hall–Kier alpha value is -10.3. The highest BCUT2D eigenvalue weighted by atomic mass is 79.9. The van der Waals surface area contributed by atoms with Crippen molar-refractivity contribution in [2.45, 2.75) is 106 Å². The van der Waals surface area contributed by atoms with Gasteiger partial charge in [-0.1, -0.05) is 51.9 Å². The molecule has 0 bridgehead atoms. The van der Waals surface area contributed by atoms with Crippen molar-refractivity contribution in [3.8, 4) is 52.8 Å². The lowest BCUT2D eigenvalue weighted by Gasteiger charge is -2.27. The summed E-state index contributed by atoms with van der Waals surface area (Å²) in [5, 5.41) is 4.85. The topological polar surface area (TPSA) is 222 Å². The molecule has 0 spiro atoms. The normalized spacial score (nSPS) is 12.0. The lowest BCUT2D eigenvalue weighted by atomic mass is 10.2. The van der Waals surface area contributed by atoms with Crippen molar-refractivity contribution < 1.29 is 98.0 Å². The van der Waals surface area contributed by atoms with E-state index >= 15 is 0 Å². The first-order valence-electron chi connectivity index (χ1n) is 33.2. The first kappa shape index (κ1) is 87.9. The molecule has 0 saturated heterocycles. The van der Waals surface area contributed by atoms with E-state index in [1.807, 2.05) is 25.1 Å². The predicted octanol–water partition coefficient (Wildman–Crippen LogP) is 15.8. The molecular weight excluding hydrogens is 1590 g/mol. The number of carbonyl (C=O) groups is 2. The Morgan fingerprint density at radius 1 is 0.441 bits per heavy atom. The predicted molar refractivity (Wildman–Crippen MR) is 415 cm³/mol. The van der Waals surface area contributed by atoms with Gasteiger partial charge in [0.1, 0.15) is 48.1 Å². The summed E-state index contributed by atoms with van der Waals surface area (Å²) < 4.78 is 223. The third kappa shape index (κ3) is 24.1. The number of hydrogen-bond donors (Lipinski definition) is 1. The van der Waals surface area contributed by atoms with Crippen molar-refractivity contribution in [1.82, 2.24) is 13.7 Å². The molecule has 1 N–H and O–H groups in total. The fourth-order valence-electron chi connectivity index (χ4n) is 11.0. The molecule has 21 nitrogen and oxygen atoms in total. The van der Waals surface area contributed by atoms with Gasteiger partial charge in [0.2, 0.25) is 0 Å². The molecule has 0 radical (unpaired) electrons. The van der Waals surface area contributed by atoms with Crippen molar-refractivity contribution in [2.24, 2.45) is 0 Å². The average molecular weight is 1670 g/mol. The number of carbonyl (C=O) groups excluding carboxylic acids is 2. The van der Waals surface area contributed by atoms with Gasteiger partial charge in [-0.2, -0.15) is 39.5 Å². The summed E-state index contributed by atoms with van der Waals surface area (Å²) in [7, 11) is 0.783. The smallest absolute Gasteiger partial charge is 0.415 e. The minimum atomic E-state index is -4.49. The Balaban J connectivity index is 0.000000232. The number of rotatable bonds is 17. The largest absolute Gasteiger partial charge is 0.495 e. The minimum absolute atomic E-state index is 0.0170. The molecule has 596 valence electrons. The maximum Gasteiger partial charge on any atom is 0.415 e. The molecule has 0 atom stereocenters. The van der Waals surface area contributed by atoms with Crippen LogP contribution in [0, 0.1) is 35.5 Å². The zero-order valence-corrected chi connectivity index (χ0v) is 67.3. The highest BCUT2D eigenvalue weighted by Gasteiger charge is 2.34. The molecule has 6 aromatic carbocycles. The number of nitrogens with one attached hydrogen (secondary N) is 1. The van der Waals surface area contributed by atoms with E-state index in [9.17, 15) is 74.4 Å². The van der Waals surface area contributed by atoms with Crippen molar-refractivity contribution in [3.05, 3.63) is 149 Å². The second-order valence-corrected chi connectivity index (χ2v) is 34.2. The minimum Gasteiger partial charge on any atom is -0.495 e. The summed E-state index contributed by atoms with van der Waals surface area (Å²) in [5.74, 6) is 17.3. The summed E-state index contributed by atoms with van der Waals surface area (Å²) in [4.78, 5) is 32.3. The van der Waals surface area contributed by atoms with Crippen LogP contribution in [-0.4, -0.2) is 169 Å². The molecule has 2 amide bonds. The zero-order chi connectivity index (χ0) is 82.9. The maximum atomic E-state index is 13.5. The van der Waals surface area contributed by atoms with Gasteiger partial charge in [-0.05, 0) is 150 Å². The van der Waals surface area contributed by atoms with Gasteiger partial charge >= 0.3 is 30.7 Å². The van der Waals surface area contributed by atoms with Crippen LogP contribution < -0.4 is 39.1 Å². The number of fused-ring (bicyclic) bond motifs is 3. The molecule has 0 aliphatic carbocycles. The van der Waals surface area contributed by atoms with Crippen LogP contribution in [0.15, 0.2) is 147 Å². The third-order valence-electron chi connectivity index (χ3n) is 15.8. The second-order valence-electron chi connectivity index (χ2n) is 27.3. The van der Waals surface area contributed by atoms with E-state index < -0.39 is 91.1 Å². The molecule has 0 aliphatic heterocycles. The van der Waals surface area contributed by atoms with Gasteiger partial charge in [-0.15, -0.1) is 0 Å². The number of benzene rings is 6. The van der Waals surface area contributed by atoms with Gasteiger partial charge in [-0.3, -0.25) is 9.80 Å². The van der Waals surface area contributed by atoms with E-state index in [0.29, 0.717) is 48.6 Å². The lowest BCUT2D eigenvalue weighted by Crippen LogP contribution is -2.37. The Morgan fingerprint density at radius 2 is 0.766 bits per heavy atom. The molecule has 0 aliphatic rings. The van der Waals surface area contributed by atoms with Crippen LogP contribution >= 0.6 is 15.9 Å². The SMILES string of the molecule is COc1cc(S(C)(=O)=O)ccc1N(CC#Cc1cc2c(Br)cccc2n1CC(F)(F)F)C(=O)OC(C)(C)C.COc1cc(S(C)(=O)=O)ccc1N(CC#Cc1cc2c(N(C)C)cccc2n1CC(F)(F)F)C(=O)OC(C)(C)C.COc1cc(S(C)(=O)=O)ccc1NCC#Cc1cc2c(N(C)C)cccc2n1CC(F)(F)F.